The van der Waals surface area contributed by atoms with Crippen molar-refractivity contribution in [2.24, 2.45) is 5.92 Å². The molecule has 1 rings (SSSR count). The fourth-order valence-electron chi connectivity index (χ4n) is 2.24. The maximum Gasteiger partial charge on any atom is 0.320 e. The predicted octanol–water partition coefficient (Wildman–Crippen LogP) is 0.359. The van der Waals surface area contributed by atoms with Gasteiger partial charge in [-0.25, -0.2) is 4.79 Å². The van der Waals surface area contributed by atoms with Crippen LogP contribution in [0.25, 0.3) is 0 Å². The van der Waals surface area contributed by atoms with Crippen molar-refractivity contribution >= 4 is 17.9 Å². The largest absolute Gasteiger partial charge is 0.481 e. The fourth-order valence-corrected chi connectivity index (χ4v) is 2.24. The minimum absolute atomic E-state index is 0.0226. The number of carboxylic acids is 1. The van der Waals surface area contributed by atoms with Crippen LogP contribution < -0.4 is 5.32 Å². The second-order valence-electron chi connectivity index (χ2n) is 5.48. The summed E-state index contributed by atoms with van der Waals surface area (Å²) in [6.07, 6.45) is 1.27. The second-order valence-corrected chi connectivity index (χ2v) is 5.48. The van der Waals surface area contributed by atoms with E-state index in [1.807, 2.05) is 13.8 Å². The molecule has 114 valence electrons. The van der Waals surface area contributed by atoms with Gasteiger partial charge in [0.05, 0.1) is 5.92 Å². The topological polar surface area (TPSA) is 90.0 Å². The minimum atomic E-state index is -0.872. The van der Waals surface area contributed by atoms with Crippen LogP contribution in [-0.4, -0.2) is 65.5 Å². The zero-order valence-electron chi connectivity index (χ0n) is 12.3. The second kappa shape index (κ2) is 7.12. The van der Waals surface area contributed by atoms with Gasteiger partial charge >= 0.3 is 12.0 Å². The highest BCUT2D eigenvalue weighted by Gasteiger charge is 2.29. The number of aliphatic carboxylic acids is 1. The van der Waals surface area contributed by atoms with Crippen molar-refractivity contribution < 1.29 is 19.5 Å². The Balaban J connectivity index is 2.51. The number of nitrogens with zero attached hydrogens (tertiary/aromatic N) is 2. The number of nitrogens with one attached hydrogen (secondary N) is 1. The number of rotatable bonds is 4. The van der Waals surface area contributed by atoms with Crippen LogP contribution in [0.4, 0.5) is 4.79 Å². The molecule has 1 saturated heterocycles. The Labute approximate surface area is 118 Å². The molecule has 1 unspecified atom stereocenters. The summed E-state index contributed by atoms with van der Waals surface area (Å²) < 4.78 is 0. The van der Waals surface area contributed by atoms with Gasteiger partial charge in [-0.3, -0.25) is 9.59 Å². The maximum absolute atomic E-state index is 12.2. The third-order valence-electron chi connectivity index (χ3n) is 3.20. The molecule has 20 heavy (non-hydrogen) atoms. The third-order valence-corrected chi connectivity index (χ3v) is 3.20. The lowest BCUT2D eigenvalue weighted by atomic mass is 9.99. The van der Waals surface area contributed by atoms with Gasteiger partial charge < -0.3 is 20.2 Å². The summed E-state index contributed by atoms with van der Waals surface area (Å²) in [5, 5.41) is 11.7. The summed E-state index contributed by atoms with van der Waals surface area (Å²) in [6, 6.07) is -0.271. The van der Waals surface area contributed by atoms with Crippen molar-refractivity contribution in [3.05, 3.63) is 0 Å². The number of likely N-dealkylation sites (tertiary alicyclic amines) is 1. The number of amides is 3. The molecule has 0 radical (unpaired) electrons. The van der Waals surface area contributed by atoms with Crippen LogP contribution >= 0.6 is 0 Å². The molecule has 1 heterocycles. The number of hydrogen-bond donors (Lipinski definition) is 2. The molecule has 1 aliphatic rings. The lowest BCUT2D eigenvalue weighted by Crippen LogP contribution is -2.50. The molecule has 0 spiro atoms. The molecule has 0 bridgehead atoms. The van der Waals surface area contributed by atoms with Crippen molar-refractivity contribution in [1.29, 1.82) is 0 Å². The van der Waals surface area contributed by atoms with E-state index in [1.165, 1.54) is 9.80 Å². The Kier molecular flexibility index (Phi) is 5.79. The van der Waals surface area contributed by atoms with Gasteiger partial charge in [-0.1, -0.05) is 0 Å². The molecule has 0 saturated carbocycles. The predicted molar refractivity (Wildman–Crippen MR) is 73.2 cm³/mol. The van der Waals surface area contributed by atoms with E-state index in [2.05, 4.69) is 5.32 Å². The Morgan fingerprint density at radius 2 is 2.05 bits per heavy atom. The molecule has 0 aromatic carbocycles. The number of carboxylic acid groups (broad SMARTS) is 1. The highest BCUT2D eigenvalue weighted by molar-refractivity contribution is 5.84. The average Bonchev–Trinajstić information content (AvgIpc) is 2.36. The Morgan fingerprint density at radius 3 is 2.60 bits per heavy atom. The first-order valence-corrected chi connectivity index (χ1v) is 6.83. The first-order valence-electron chi connectivity index (χ1n) is 6.83. The summed E-state index contributed by atoms with van der Waals surface area (Å²) in [7, 11) is 1.55. The third kappa shape index (κ3) is 4.71. The summed E-state index contributed by atoms with van der Waals surface area (Å²) in [4.78, 5) is 37.6. The fraction of sp³-hybridized carbons (Fsp3) is 0.769. The molecule has 1 fully saturated rings. The minimum Gasteiger partial charge on any atom is -0.481 e. The number of carbonyl (C=O) groups excluding carboxylic acids is 2. The summed E-state index contributed by atoms with van der Waals surface area (Å²) in [5.74, 6) is -1.60. The van der Waals surface area contributed by atoms with Gasteiger partial charge in [0.1, 0.15) is 6.54 Å². The van der Waals surface area contributed by atoms with Crippen LogP contribution in [0.2, 0.25) is 0 Å². The molecular formula is C13H23N3O4. The van der Waals surface area contributed by atoms with Crippen molar-refractivity contribution in [3.8, 4) is 0 Å². The zero-order chi connectivity index (χ0) is 15.3. The van der Waals surface area contributed by atoms with Crippen molar-refractivity contribution in [3.63, 3.8) is 0 Å². The Morgan fingerprint density at radius 1 is 1.40 bits per heavy atom. The molecule has 0 aliphatic carbocycles. The van der Waals surface area contributed by atoms with E-state index in [-0.39, 0.29) is 31.1 Å². The van der Waals surface area contributed by atoms with Crippen LogP contribution in [0.5, 0.6) is 0 Å². The van der Waals surface area contributed by atoms with E-state index >= 15 is 0 Å². The van der Waals surface area contributed by atoms with Gasteiger partial charge in [-0.2, -0.15) is 0 Å². The van der Waals surface area contributed by atoms with Crippen LogP contribution in [0.15, 0.2) is 0 Å². The highest BCUT2D eigenvalue weighted by Crippen LogP contribution is 2.17. The first-order chi connectivity index (χ1) is 9.31. The Bertz CT molecular complexity index is 384. The van der Waals surface area contributed by atoms with Gasteiger partial charge in [-0.15, -0.1) is 0 Å². The van der Waals surface area contributed by atoms with E-state index in [4.69, 9.17) is 5.11 Å². The molecule has 3 amide bonds. The number of likely N-dealkylation sites (N-methyl/N-ethyl adjacent to an activating group) is 1. The van der Waals surface area contributed by atoms with E-state index in [0.717, 1.165) is 0 Å². The van der Waals surface area contributed by atoms with Crippen molar-refractivity contribution in [2.75, 3.05) is 26.7 Å². The molecule has 2 N–H and O–H groups in total. The molecular weight excluding hydrogens is 262 g/mol. The summed E-state index contributed by atoms with van der Waals surface area (Å²) in [5.41, 5.74) is 0. The van der Waals surface area contributed by atoms with E-state index < -0.39 is 11.9 Å². The highest BCUT2D eigenvalue weighted by atomic mass is 16.4. The molecule has 1 atom stereocenters. The monoisotopic (exact) mass is 285 g/mol. The average molecular weight is 285 g/mol. The van der Waals surface area contributed by atoms with Crippen LogP contribution in [0, 0.1) is 5.92 Å². The molecule has 7 nitrogen and oxygen atoms in total. The maximum atomic E-state index is 12.2. The van der Waals surface area contributed by atoms with Crippen LogP contribution in [0.3, 0.4) is 0 Å². The van der Waals surface area contributed by atoms with Crippen LogP contribution in [-0.2, 0) is 9.59 Å². The summed E-state index contributed by atoms with van der Waals surface area (Å²) >= 11 is 0. The van der Waals surface area contributed by atoms with Gasteiger partial charge in [0.25, 0.3) is 0 Å². The van der Waals surface area contributed by atoms with Crippen molar-refractivity contribution in [1.82, 2.24) is 15.1 Å². The Hall–Kier alpha value is -1.79. The number of piperidine rings is 1. The molecule has 0 aromatic rings. The first kappa shape index (κ1) is 16.3. The zero-order valence-corrected chi connectivity index (χ0v) is 12.3. The lowest BCUT2D eigenvalue weighted by Gasteiger charge is -2.33. The van der Waals surface area contributed by atoms with Gasteiger partial charge in [0, 0.05) is 26.2 Å². The molecule has 0 aromatic heterocycles. The van der Waals surface area contributed by atoms with E-state index in [1.54, 1.807) is 7.05 Å². The number of hydrogen-bond acceptors (Lipinski definition) is 3. The SMILES string of the molecule is CC(C)NC(=O)CN(C)C(=O)N1CCCC(C(=O)O)C1. The van der Waals surface area contributed by atoms with E-state index in [0.29, 0.717) is 19.4 Å². The normalized spacial score (nSPS) is 18.8. The van der Waals surface area contributed by atoms with Gasteiger partial charge in [-0.05, 0) is 26.7 Å². The molecule has 7 heteroatoms. The lowest BCUT2D eigenvalue weighted by molar-refractivity contribution is -0.143. The van der Waals surface area contributed by atoms with Gasteiger partial charge in [0.2, 0.25) is 5.91 Å². The quantitative estimate of drug-likeness (QED) is 0.780. The molecule has 1 aliphatic heterocycles. The number of carbonyl (C=O) groups is 3. The van der Waals surface area contributed by atoms with Gasteiger partial charge in [0.15, 0.2) is 0 Å². The van der Waals surface area contributed by atoms with Crippen molar-refractivity contribution in [2.45, 2.75) is 32.7 Å². The smallest absolute Gasteiger partial charge is 0.320 e. The standard InChI is InChI=1S/C13H23N3O4/c1-9(2)14-11(17)8-15(3)13(20)16-6-4-5-10(7-16)12(18)19/h9-10H,4-8H2,1-3H3,(H,14,17)(H,18,19). The number of urea groups is 1. The van der Waals surface area contributed by atoms with E-state index in [9.17, 15) is 14.4 Å². The summed E-state index contributed by atoms with van der Waals surface area (Å²) in [6.45, 7) is 4.43. The van der Waals surface area contributed by atoms with Crippen LogP contribution in [0.1, 0.15) is 26.7 Å².